The molecular weight excluding hydrogens is 1470 g/mol. The first kappa shape index (κ1) is 86.6. The quantitative estimate of drug-likeness (QED) is 0.0164. The molecule has 0 bridgehead atoms. The van der Waals surface area contributed by atoms with E-state index in [0.717, 1.165) is 27.3 Å². The molecular formula is C62H90N24O18S3. The van der Waals surface area contributed by atoms with E-state index in [2.05, 4.69) is 93.8 Å². The molecule has 16 amide bonds. The molecule has 0 spiro atoms. The Hall–Kier alpha value is -11.0. The summed E-state index contributed by atoms with van der Waals surface area (Å²) in [6.45, 7) is -3.97. The fourth-order valence-corrected chi connectivity index (χ4v) is 13.7. The largest absolute Gasteiger partial charge is 0.377 e. The minimum Gasteiger partial charge on any atom is -0.377 e. The second-order valence-electron chi connectivity index (χ2n) is 24.1. The molecule has 2 aromatic heterocycles. The first-order valence-corrected chi connectivity index (χ1v) is 37.2. The van der Waals surface area contributed by atoms with E-state index in [0.29, 0.717) is 17.2 Å². The number of hydrogen-bond donors (Lipinski definition) is 21. The van der Waals surface area contributed by atoms with E-state index < -0.39 is 242 Å². The van der Waals surface area contributed by atoms with Gasteiger partial charge in [0.2, 0.25) is 105 Å². The zero-order chi connectivity index (χ0) is 78.8. The zero-order valence-corrected chi connectivity index (χ0v) is 60.8. The second kappa shape index (κ2) is 44.1. The lowest BCUT2D eigenvalue weighted by Gasteiger charge is -2.27. The molecule has 1 aliphatic rings. The molecule has 107 heavy (non-hydrogen) atoms. The number of aromatic nitrogens is 4. The molecule has 1 aliphatic heterocycles. The summed E-state index contributed by atoms with van der Waals surface area (Å²) >= 11 is 0. The standard InChI is InChI=1S/C62H90N24O18S3/c1-86(2)45-10-5-8-36-35(45)7-6-11-46(36)107(103,104)77-18-17-70-51(91)25-71-52(92)26-72-53(93)27-73-56(96)43-29-105-106-30-44(78-50(90)22-64)62(102)85-42(21-49(67)89)61(101)84-41(20-34-24-69-32-76-34)60(100)82-39(13-15-48(66)88)58(98)83-40(19-33-23-68-31-75-33)59(99)81-38(12-14-47(65)87)57(97)80-37(9-3-4-16-63)55(95)74-28-54(94)79-43/h5-8,10-11,23-24,31-32,37-44,77H,3-4,9,12-22,25-30,63-64H2,1-2H3,(H2,65,87)(H2,66,88)(H2,67,89)(H,68,75)(H,69,76)(H,70,91)(H,71,92)(H,72,93)(H,73,96)(H,74,95)(H,78,90)(H,79,94)(H,80,97)(H,81,99)(H,82,100)(H,83,98)(H,84,101)(H,85,102)/t37-,38?,39?,40-,41?,42-,43?,44?/m0/s1. The summed E-state index contributed by atoms with van der Waals surface area (Å²) in [5.41, 5.74) is 28.9. The smallest absolute Gasteiger partial charge is 0.244 e. The van der Waals surface area contributed by atoms with Crippen molar-refractivity contribution in [2.75, 3.05) is 82.9 Å². The number of nitrogens with zero attached hydrogens (tertiary/aromatic N) is 3. The van der Waals surface area contributed by atoms with E-state index in [1.54, 1.807) is 24.3 Å². The average Bonchev–Trinajstić information content (AvgIpc) is 1.00. The van der Waals surface area contributed by atoms with Crippen LogP contribution in [-0.2, 0) is 99.6 Å². The van der Waals surface area contributed by atoms with Crippen LogP contribution in [0.25, 0.3) is 10.8 Å². The SMILES string of the molecule is CN(C)c1cccc2c(S(=O)(=O)NCCNC(=O)CNC(=O)CNC(=O)CNC(=O)C3CSSCC(NC(=O)CN)C(=O)N[C@@H](CC(N)=O)C(=O)NC(Cc4c[nH]cn4)C(=O)NC(CCC(N)=O)C(=O)N[C@@H](Cc4c[nH]cn4)C(=O)NC(CCC(N)=O)C(=O)N[C@@H](CCCCN)C(=O)NCC(=O)N3)cccc12. The molecule has 584 valence electrons. The molecule has 0 aliphatic carbocycles. The van der Waals surface area contributed by atoms with E-state index >= 15 is 0 Å². The molecule has 1 fully saturated rings. The van der Waals surface area contributed by atoms with Gasteiger partial charge in [-0.3, -0.25) is 76.7 Å². The van der Waals surface area contributed by atoms with Crippen LogP contribution in [0.3, 0.4) is 0 Å². The minimum absolute atomic E-state index is 0.0223. The highest BCUT2D eigenvalue weighted by molar-refractivity contribution is 8.76. The van der Waals surface area contributed by atoms with Gasteiger partial charge >= 0.3 is 0 Å². The van der Waals surface area contributed by atoms with Crippen molar-refractivity contribution in [2.45, 2.75) is 117 Å². The van der Waals surface area contributed by atoms with Gasteiger partial charge in [-0.25, -0.2) is 23.1 Å². The normalized spacial score (nSPS) is 20.0. The Morgan fingerprint density at radius 3 is 1.56 bits per heavy atom. The number of carbonyl (C=O) groups is 16. The number of carbonyl (C=O) groups excluding carboxylic acids is 16. The van der Waals surface area contributed by atoms with Gasteiger partial charge in [0.15, 0.2) is 0 Å². The number of anilines is 1. The number of nitrogens with two attached hydrogens (primary N) is 5. The van der Waals surface area contributed by atoms with E-state index in [-0.39, 0.29) is 48.8 Å². The number of imidazole rings is 2. The number of sulfonamides is 1. The molecule has 3 heterocycles. The maximum Gasteiger partial charge on any atom is 0.244 e. The number of fused-ring (bicyclic) bond motifs is 1. The number of nitrogens with one attached hydrogen (secondary N) is 16. The lowest BCUT2D eigenvalue weighted by Crippen LogP contribution is -2.61. The lowest BCUT2D eigenvalue weighted by atomic mass is 10.0. The number of unbranched alkanes of at least 4 members (excludes halogenated alkanes) is 1. The third-order valence-electron chi connectivity index (χ3n) is 15.6. The van der Waals surface area contributed by atoms with Crippen molar-refractivity contribution in [1.29, 1.82) is 0 Å². The summed E-state index contributed by atoms with van der Waals surface area (Å²) in [5, 5.41) is 32.2. The number of amides is 16. The predicted molar refractivity (Wildman–Crippen MR) is 386 cm³/mol. The number of H-pyrrole nitrogens is 2. The van der Waals surface area contributed by atoms with Gasteiger partial charge in [-0.15, -0.1) is 0 Å². The van der Waals surface area contributed by atoms with Crippen molar-refractivity contribution in [3.8, 4) is 0 Å². The third-order valence-corrected chi connectivity index (χ3v) is 19.5. The van der Waals surface area contributed by atoms with E-state index in [4.69, 9.17) is 28.7 Å². The number of aromatic amines is 2. The Morgan fingerprint density at radius 2 is 1.04 bits per heavy atom. The van der Waals surface area contributed by atoms with Crippen molar-refractivity contribution in [3.05, 3.63) is 72.8 Å². The van der Waals surface area contributed by atoms with Crippen LogP contribution < -0.4 is 107 Å². The van der Waals surface area contributed by atoms with Gasteiger partial charge < -0.3 is 113 Å². The molecule has 0 saturated carbocycles. The molecule has 45 heteroatoms. The Labute approximate surface area is 620 Å². The van der Waals surface area contributed by atoms with Crippen LogP contribution in [0.2, 0.25) is 0 Å². The first-order chi connectivity index (χ1) is 50.9. The van der Waals surface area contributed by atoms with Crippen molar-refractivity contribution < 1.29 is 85.1 Å². The van der Waals surface area contributed by atoms with Gasteiger partial charge in [-0.2, -0.15) is 0 Å². The molecule has 0 radical (unpaired) electrons. The maximum atomic E-state index is 14.5. The molecule has 4 aromatic rings. The van der Waals surface area contributed by atoms with Crippen LogP contribution in [0.4, 0.5) is 5.69 Å². The van der Waals surface area contributed by atoms with Gasteiger partial charge in [0.1, 0.15) is 48.3 Å². The lowest BCUT2D eigenvalue weighted by molar-refractivity contribution is -0.136. The average molecular weight is 1560 g/mol. The fourth-order valence-electron chi connectivity index (χ4n) is 10.1. The summed E-state index contributed by atoms with van der Waals surface area (Å²) in [7, 11) is 1.19. The van der Waals surface area contributed by atoms with Crippen molar-refractivity contribution >= 4 is 143 Å². The Bertz CT molecular complexity index is 3930. The number of primary amides is 3. The Morgan fingerprint density at radius 1 is 0.542 bits per heavy atom. The number of rotatable bonds is 31. The second-order valence-corrected chi connectivity index (χ2v) is 28.4. The molecule has 8 atom stereocenters. The highest BCUT2D eigenvalue weighted by atomic mass is 33.1. The summed E-state index contributed by atoms with van der Waals surface area (Å²) in [5.74, 6) is -17.2. The molecule has 2 aromatic carbocycles. The Balaban J connectivity index is 1.38. The Kier molecular flexibility index (Phi) is 35.7. The van der Waals surface area contributed by atoms with Crippen LogP contribution in [0.5, 0.6) is 0 Å². The van der Waals surface area contributed by atoms with Crippen LogP contribution in [0.1, 0.15) is 62.8 Å². The molecule has 5 unspecified atom stereocenters. The van der Waals surface area contributed by atoms with Crippen molar-refractivity contribution in [2.24, 2.45) is 28.7 Å². The molecule has 26 N–H and O–H groups in total. The maximum absolute atomic E-state index is 14.5. The van der Waals surface area contributed by atoms with E-state index in [1.165, 1.54) is 31.1 Å². The minimum atomic E-state index is -4.05. The van der Waals surface area contributed by atoms with E-state index in [1.807, 2.05) is 25.1 Å². The third kappa shape index (κ3) is 30.2. The van der Waals surface area contributed by atoms with Gasteiger partial charge in [-0.05, 0) is 50.8 Å². The number of benzene rings is 2. The predicted octanol–water partition coefficient (Wildman–Crippen LogP) is -9.54. The summed E-state index contributed by atoms with van der Waals surface area (Å²) < 4.78 is 29.0. The first-order valence-electron chi connectivity index (χ1n) is 33.3. The molecule has 1 saturated heterocycles. The van der Waals surface area contributed by atoms with Crippen LogP contribution >= 0.6 is 21.6 Å². The number of hydrogen-bond acceptors (Lipinski definition) is 25. The highest BCUT2D eigenvalue weighted by Crippen LogP contribution is 2.30. The van der Waals surface area contributed by atoms with Crippen molar-refractivity contribution in [1.82, 2.24) is 93.8 Å². The zero-order valence-electron chi connectivity index (χ0n) is 58.3. The fraction of sp³-hybridized carbons (Fsp3) is 0.484. The van der Waals surface area contributed by atoms with Crippen LogP contribution in [-0.4, -0.2) is 249 Å². The summed E-state index contributed by atoms with van der Waals surface area (Å²) in [6, 6.07) is -3.47. The van der Waals surface area contributed by atoms with Crippen molar-refractivity contribution in [3.63, 3.8) is 0 Å². The van der Waals surface area contributed by atoms with Gasteiger partial charge in [0.25, 0.3) is 0 Å². The monoisotopic (exact) mass is 1550 g/mol. The highest BCUT2D eigenvalue weighted by Gasteiger charge is 2.37. The summed E-state index contributed by atoms with van der Waals surface area (Å²) in [6.07, 6.45) is 1.62. The van der Waals surface area contributed by atoms with Crippen LogP contribution in [0.15, 0.2) is 66.3 Å². The topological polar surface area (TPSA) is 666 Å². The van der Waals surface area contributed by atoms with E-state index in [9.17, 15) is 85.1 Å². The molecule has 42 nitrogen and oxygen atoms in total. The summed E-state index contributed by atoms with van der Waals surface area (Å²) in [4.78, 5) is 232. The van der Waals surface area contributed by atoms with Crippen LogP contribution in [0, 0.1) is 0 Å². The molecule has 5 rings (SSSR count). The van der Waals surface area contributed by atoms with Gasteiger partial charge in [-0.1, -0.05) is 45.9 Å². The van der Waals surface area contributed by atoms with Gasteiger partial charge in [0, 0.05) is 93.2 Å². The van der Waals surface area contributed by atoms with Gasteiger partial charge in [0.05, 0.1) is 68.1 Å².